The van der Waals surface area contributed by atoms with Gasteiger partial charge in [-0.15, -0.1) is 0 Å². The van der Waals surface area contributed by atoms with Gasteiger partial charge in [-0.3, -0.25) is 15.0 Å². The number of nitrogens with one attached hydrogen (secondary N) is 2. The number of aromatic nitrogens is 2. The first-order valence-corrected chi connectivity index (χ1v) is 9.40. The SMILES string of the molecule is CNC(=O)NC(=O)CCN1CCN(Cc2nc(-c3ccccc3C)no2)CC1. The lowest BCUT2D eigenvalue weighted by Gasteiger charge is -2.33. The Kier molecular flexibility index (Phi) is 6.72. The van der Waals surface area contributed by atoms with Crippen molar-refractivity contribution in [3.8, 4) is 11.4 Å². The third kappa shape index (κ3) is 5.37. The summed E-state index contributed by atoms with van der Waals surface area (Å²) < 4.78 is 5.42. The Labute approximate surface area is 164 Å². The van der Waals surface area contributed by atoms with E-state index < -0.39 is 6.03 Å². The molecule has 1 fully saturated rings. The maximum Gasteiger partial charge on any atom is 0.321 e. The Morgan fingerprint density at radius 1 is 1.14 bits per heavy atom. The molecule has 150 valence electrons. The molecule has 1 saturated heterocycles. The van der Waals surface area contributed by atoms with Crippen LogP contribution in [0.3, 0.4) is 0 Å². The summed E-state index contributed by atoms with van der Waals surface area (Å²) in [5.74, 6) is 0.960. The fraction of sp³-hybridized carbons (Fsp3) is 0.474. The van der Waals surface area contributed by atoms with Crippen molar-refractivity contribution in [2.45, 2.75) is 19.9 Å². The van der Waals surface area contributed by atoms with Crippen molar-refractivity contribution >= 4 is 11.9 Å². The van der Waals surface area contributed by atoms with Gasteiger partial charge in [0.15, 0.2) is 0 Å². The van der Waals surface area contributed by atoms with E-state index in [0.29, 0.717) is 31.2 Å². The Morgan fingerprint density at radius 3 is 2.57 bits per heavy atom. The zero-order valence-electron chi connectivity index (χ0n) is 16.3. The fourth-order valence-electron chi connectivity index (χ4n) is 3.13. The van der Waals surface area contributed by atoms with Crippen LogP contribution in [0.4, 0.5) is 4.79 Å². The number of carbonyl (C=O) groups is 2. The molecule has 0 radical (unpaired) electrons. The summed E-state index contributed by atoms with van der Waals surface area (Å²) in [5, 5.41) is 8.75. The second-order valence-corrected chi connectivity index (χ2v) is 6.82. The second kappa shape index (κ2) is 9.43. The van der Waals surface area contributed by atoms with E-state index in [4.69, 9.17) is 4.52 Å². The van der Waals surface area contributed by atoms with E-state index in [0.717, 1.165) is 37.3 Å². The number of hydrogen-bond acceptors (Lipinski definition) is 7. The number of benzene rings is 1. The van der Waals surface area contributed by atoms with E-state index in [1.54, 1.807) is 0 Å². The molecule has 2 aromatic rings. The lowest BCUT2D eigenvalue weighted by molar-refractivity contribution is -0.120. The van der Waals surface area contributed by atoms with Crippen LogP contribution >= 0.6 is 0 Å². The van der Waals surface area contributed by atoms with E-state index in [2.05, 4.69) is 30.6 Å². The molecule has 2 heterocycles. The summed E-state index contributed by atoms with van der Waals surface area (Å²) in [7, 11) is 1.48. The van der Waals surface area contributed by atoms with Crippen LogP contribution in [0.2, 0.25) is 0 Å². The minimum atomic E-state index is -0.473. The van der Waals surface area contributed by atoms with Gasteiger partial charge in [0.05, 0.1) is 6.54 Å². The van der Waals surface area contributed by atoms with Gasteiger partial charge >= 0.3 is 6.03 Å². The van der Waals surface area contributed by atoms with Gasteiger partial charge in [0, 0.05) is 51.8 Å². The monoisotopic (exact) mass is 386 g/mol. The first-order valence-electron chi connectivity index (χ1n) is 9.40. The minimum absolute atomic E-state index is 0.267. The van der Waals surface area contributed by atoms with Crippen molar-refractivity contribution in [1.29, 1.82) is 0 Å². The van der Waals surface area contributed by atoms with Crippen LogP contribution in [0, 0.1) is 6.92 Å². The average molecular weight is 386 g/mol. The maximum atomic E-state index is 11.7. The van der Waals surface area contributed by atoms with Crippen LogP contribution in [0.1, 0.15) is 17.9 Å². The van der Waals surface area contributed by atoms with Crippen molar-refractivity contribution in [3.05, 3.63) is 35.7 Å². The summed E-state index contributed by atoms with van der Waals surface area (Å²) in [5.41, 5.74) is 2.10. The summed E-state index contributed by atoms with van der Waals surface area (Å²) in [6.07, 6.45) is 0.302. The third-order valence-corrected chi connectivity index (χ3v) is 4.81. The average Bonchev–Trinajstić information content (AvgIpc) is 3.16. The van der Waals surface area contributed by atoms with Crippen LogP contribution in [-0.4, -0.2) is 71.7 Å². The van der Waals surface area contributed by atoms with Crippen LogP contribution in [0.5, 0.6) is 0 Å². The number of imide groups is 1. The molecular formula is C19H26N6O3. The van der Waals surface area contributed by atoms with Crippen LogP contribution < -0.4 is 10.6 Å². The third-order valence-electron chi connectivity index (χ3n) is 4.81. The van der Waals surface area contributed by atoms with Gasteiger partial charge in [-0.1, -0.05) is 29.4 Å². The highest BCUT2D eigenvalue weighted by atomic mass is 16.5. The molecule has 0 aliphatic carbocycles. The zero-order valence-corrected chi connectivity index (χ0v) is 16.3. The van der Waals surface area contributed by atoms with Gasteiger partial charge in [-0.05, 0) is 12.5 Å². The Morgan fingerprint density at radius 2 is 1.86 bits per heavy atom. The number of piperazine rings is 1. The van der Waals surface area contributed by atoms with Crippen LogP contribution in [0.25, 0.3) is 11.4 Å². The first kappa shape index (κ1) is 20.0. The van der Waals surface area contributed by atoms with Crippen LogP contribution in [-0.2, 0) is 11.3 Å². The van der Waals surface area contributed by atoms with Gasteiger partial charge in [0.1, 0.15) is 0 Å². The molecule has 0 atom stereocenters. The van der Waals surface area contributed by atoms with E-state index >= 15 is 0 Å². The van der Waals surface area contributed by atoms with Crippen molar-refractivity contribution in [1.82, 2.24) is 30.6 Å². The molecule has 2 N–H and O–H groups in total. The molecule has 1 aromatic carbocycles. The smallest absolute Gasteiger partial charge is 0.321 e. The van der Waals surface area contributed by atoms with E-state index in [1.807, 2.05) is 31.2 Å². The lowest BCUT2D eigenvalue weighted by atomic mass is 10.1. The van der Waals surface area contributed by atoms with Gasteiger partial charge < -0.3 is 14.7 Å². The van der Waals surface area contributed by atoms with E-state index in [1.165, 1.54) is 7.05 Å². The molecule has 9 heteroatoms. The lowest BCUT2D eigenvalue weighted by Crippen LogP contribution is -2.47. The molecule has 0 spiro atoms. The van der Waals surface area contributed by atoms with Crippen molar-refractivity contribution in [2.75, 3.05) is 39.8 Å². The molecule has 9 nitrogen and oxygen atoms in total. The normalized spacial score (nSPS) is 15.4. The number of amides is 3. The van der Waals surface area contributed by atoms with Crippen molar-refractivity contribution in [2.24, 2.45) is 0 Å². The zero-order chi connectivity index (χ0) is 19.9. The molecule has 0 bridgehead atoms. The molecule has 0 unspecified atom stereocenters. The molecule has 3 rings (SSSR count). The number of urea groups is 1. The number of rotatable bonds is 6. The molecule has 0 saturated carbocycles. The predicted molar refractivity (Wildman–Crippen MR) is 103 cm³/mol. The Balaban J connectivity index is 1.43. The van der Waals surface area contributed by atoms with Crippen molar-refractivity contribution in [3.63, 3.8) is 0 Å². The first-order chi connectivity index (χ1) is 13.5. The van der Waals surface area contributed by atoms with E-state index in [9.17, 15) is 9.59 Å². The standard InChI is InChI=1S/C19H26N6O3/c1-14-5-3-4-6-15(14)18-22-17(28-23-18)13-25-11-9-24(10-12-25)8-7-16(26)21-19(27)20-2/h3-6H,7-13H2,1-2H3,(H2,20,21,26,27). The van der Waals surface area contributed by atoms with Gasteiger partial charge in [-0.2, -0.15) is 4.98 Å². The highest BCUT2D eigenvalue weighted by Crippen LogP contribution is 2.20. The van der Waals surface area contributed by atoms with Crippen molar-refractivity contribution < 1.29 is 14.1 Å². The largest absolute Gasteiger partial charge is 0.341 e. The second-order valence-electron chi connectivity index (χ2n) is 6.82. The number of hydrogen-bond donors (Lipinski definition) is 2. The predicted octanol–water partition coefficient (Wildman–Crippen LogP) is 1.01. The van der Waals surface area contributed by atoms with Gasteiger partial charge in [0.25, 0.3) is 0 Å². The number of carbonyl (C=O) groups excluding carboxylic acids is 2. The highest BCUT2D eigenvalue weighted by Gasteiger charge is 2.20. The summed E-state index contributed by atoms with van der Waals surface area (Å²) >= 11 is 0. The Bertz CT molecular complexity index is 814. The Hall–Kier alpha value is -2.78. The molecule has 1 aliphatic rings. The van der Waals surface area contributed by atoms with Crippen LogP contribution in [0.15, 0.2) is 28.8 Å². The van der Waals surface area contributed by atoms with Gasteiger partial charge in [-0.25, -0.2) is 4.79 Å². The minimum Gasteiger partial charge on any atom is -0.341 e. The number of nitrogens with zero attached hydrogens (tertiary/aromatic N) is 4. The molecule has 28 heavy (non-hydrogen) atoms. The topological polar surface area (TPSA) is 104 Å². The molecule has 1 aromatic heterocycles. The van der Waals surface area contributed by atoms with Gasteiger partial charge in [0.2, 0.25) is 17.6 Å². The quantitative estimate of drug-likeness (QED) is 0.763. The maximum absolute atomic E-state index is 11.7. The summed E-state index contributed by atoms with van der Waals surface area (Å²) in [6, 6.07) is 7.50. The summed E-state index contributed by atoms with van der Waals surface area (Å²) in [6.45, 7) is 6.70. The summed E-state index contributed by atoms with van der Waals surface area (Å²) in [4.78, 5) is 31.8. The highest BCUT2D eigenvalue weighted by molar-refractivity contribution is 5.94. The fourth-order valence-corrected chi connectivity index (χ4v) is 3.13. The molecule has 3 amide bonds. The van der Waals surface area contributed by atoms with E-state index in [-0.39, 0.29) is 5.91 Å². The molecular weight excluding hydrogens is 360 g/mol. The number of aryl methyl sites for hydroxylation is 1. The molecule has 1 aliphatic heterocycles.